The van der Waals surface area contributed by atoms with Crippen LogP contribution in [0, 0.1) is 0 Å². The molecule has 1 heteroatoms. The average Bonchev–Trinajstić information content (AvgIpc) is 2.31. The van der Waals surface area contributed by atoms with Crippen LogP contribution in [-0.2, 0) is 4.79 Å². The SMILES string of the molecule is CCCCCCCC.O=C1CCCCCCC1. The van der Waals surface area contributed by atoms with Crippen molar-refractivity contribution in [1.82, 2.24) is 0 Å². The molecule has 0 aliphatic heterocycles. The van der Waals surface area contributed by atoms with Gasteiger partial charge in [0.1, 0.15) is 5.78 Å². The van der Waals surface area contributed by atoms with E-state index in [4.69, 9.17) is 0 Å². The monoisotopic (exact) mass is 240 g/mol. The number of unbranched alkanes of at least 4 members (excludes halogenated alkanes) is 5. The Balaban J connectivity index is 0.000000304. The third-order valence-corrected chi connectivity index (χ3v) is 3.37. The van der Waals surface area contributed by atoms with Crippen LogP contribution in [0.4, 0.5) is 0 Å². The average molecular weight is 240 g/mol. The summed E-state index contributed by atoms with van der Waals surface area (Å²) in [5, 5.41) is 0. The van der Waals surface area contributed by atoms with Crippen molar-refractivity contribution >= 4 is 5.78 Å². The molecule has 0 amide bonds. The van der Waals surface area contributed by atoms with E-state index >= 15 is 0 Å². The molecule has 0 N–H and O–H groups in total. The van der Waals surface area contributed by atoms with Crippen molar-refractivity contribution in [3.63, 3.8) is 0 Å². The molecule has 1 saturated carbocycles. The zero-order valence-electron chi connectivity index (χ0n) is 12.1. The van der Waals surface area contributed by atoms with Gasteiger partial charge in [0, 0.05) is 12.8 Å². The molecular formula is C16H32O. The van der Waals surface area contributed by atoms with Gasteiger partial charge in [-0.3, -0.25) is 4.79 Å². The van der Waals surface area contributed by atoms with E-state index in [-0.39, 0.29) is 0 Å². The minimum Gasteiger partial charge on any atom is -0.300 e. The predicted molar refractivity (Wildman–Crippen MR) is 76.4 cm³/mol. The van der Waals surface area contributed by atoms with E-state index in [9.17, 15) is 4.79 Å². The highest BCUT2D eigenvalue weighted by atomic mass is 16.1. The molecule has 0 heterocycles. The summed E-state index contributed by atoms with van der Waals surface area (Å²) in [5.41, 5.74) is 0. The second-order valence-electron chi connectivity index (χ2n) is 5.22. The Hall–Kier alpha value is -0.330. The van der Waals surface area contributed by atoms with Gasteiger partial charge in [-0.1, -0.05) is 71.6 Å². The molecule has 1 rings (SSSR count). The van der Waals surface area contributed by atoms with Gasteiger partial charge >= 0.3 is 0 Å². The first-order chi connectivity index (χ1) is 8.31. The second-order valence-corrected chi connectivity index (χ2v) is 5.22. The van der Waals surface area contributed by atoms with E-state index in [0.717, 1.165) is 25.7 Å². The van der Waals surface area contributed by atoms with Crippen molar-refractivity contribution in [3.8, 4) is 0 Å². The van der Waals surface area contributed by atoms with Crippen LogP contribution in [-0.4, -0.2) is 5.78 Å². The lowest BCUT2D eigenvalue weighted by atomic mass is 10.0. The lowest BCUT2D eigenvalue weighted by Gasteiger charge is -2.05. The Bertz CT molecular complexity index is 147. The number of ketones is 1. The molecule has 0 unspecified atom stereocenters. The second kappa shape index (κ2) is 13.7. The summed E-state index contributed by atoms with van der Waals surface area (Å²) in [4.78, 5) is 10.8. The molecule has 0 atom stereocenters. The quantitative estimate of drug-likeness (QED) is 0.566. The van der Waals surface area contributed by atoms with Crippen molar-refractivity contribution in [2.45, 2.75) is 97.3 Å². The van der Waals surface area contributed by atoms with E-state index in [0.29, 0.717) is 5.78 Å². The third-order valence-electron chi connectivity index (χ3n) is 3.37. The molecule has 0 spiro atoms. The van der Waals surface area contributed by atoms with Gasteiger partial charge < -0.3 is 0 Å². The van der Waals surface area contributed by atoms with Crippen LogP contribution in [0.3, 0.4) is 0 Å². The molecule has 0 aromatic heterocycles. The Morgan fingerprint density at radius 1 is 0.706 bits per heavy atom. The van der Waals surface area contributed by atoms with Gasteiger partial charge in [0.2, 0.25) is 0 Å². The van der Waals surface area contributed by atoms with Gasteiger partial charge in [0.25, 0.3) is 0 Å². The summed E-state index contributed by atoms with van der Waals surface area (Å²) in [6.07, 6.45) is 16.3. The Kier molecular flexibility index (Phi) is 13.5. The summed E-state index contributed by atoms with van der Waals surface area (Å²) in [7, 11) is 0. The lowest BCUT2D eigenvalue weighted by Crippen LogP contribution is -2.00. The predicted octanol–water partition coefficient (Wildman–Crippen LogP) is 5.67. The van der Waals surface area contributed by atoms with Crippen molar-refractivity contribution in [2.75, 3.05) is 0 Å². The fourth-order valence-corrected chi connectivity index (χ4v) is 2.15. The first-order valence-electron chi connectivity index (χ1n) is 7.83. The maximum absolute atomic E-state index is 10.8. The standard InChI is InChI=1S/C8H14O.C8H18/c9-8-6-4-2-1-3-5-7-8;1-3-5-7-8-6-4-2/h1-7H2;3-8H2,1-2H3. The van der Waals surface area contributed by atoms with Gasteiger partial charge in [0.15, 0.2) is 0 Å². The number of hydrogen-bond acceptors (Lipinski definition) is 1. The van der Waals surface area contributed by atoms with E-state index in [1.165, 1.54) is 57.8 Å². The molecule has 1 nitrogen and oxygen atoms in total. The summed E-state index contributed by atoms with van der Waals surface area (Å²) >= 11 is 0. The van der Waals surface area contributed by atoms with Crippen molar-refractivity contribution < 1.29 is 4.79 Å². The largest absolute Gasteiger partial charge is 0.300 e. The molecule has 0 bridgehead atoms. The van der Waals surface area contributed by atoms with Crippen LogP contribution < -0.4 is 0 Å². The van der Waals surface area contributed by atoms with E-state index in [1.54, 1.807) is 0 Å². The molecular weight excluding hydrogens is 208 g/mol. The first-order valence-corrected chi connectivity index (χ1v) is 7.83. The molecule has 0 aromatic carbocycles. The smallest absolute Gasteiger partial charge is 0.132 e. The minimum absolute atomic E-state index is 0.481. The minimum atomic E-state index is 0.481. The molecule has 0 radical (unpaired) electrons. The Labute approximate surface area is 108 Å². The number of carbonyl (C=O) groups excluding carboxylic acids is 1. The molecule has 0 saturated heterocycles. The summed E-state index contributed by atoms with van der Waals surface area (Å²) < 4.78 is 0. The highest BCUT2D eigenvalue weighted by molar-refractivity contribution is 5.78. The van der Waals surface area contributed by atoms with Gasteiger partial charge in [-0.25, -0.2) is 0 Å². The van der Waals surface area contributed by atoms with Gasteiger partial charge in [-0.2, -0.15) is 0 Å². The van der Waals surface area contributed by atoms with Gasteiger partial charge in [-0.05, 0) is 12.8 Å². The van der Waals surface area contributed by atoms with E-state index in [2.05, 4.69) is 13.8 Å². The summed E-state index contributed by atoms with van der Waals surface area (Å²) in [6, 6.07) is 0. The molecule has 1 aliphatic carbocycles. The lowest BCUT2D eigenvalue weighted by molar-refractivity contribution is -0.119. The number of Topliss-reactive ketones (excluding diaryl/α,β-unsaturated/α-hetero) is 1. The van der Waals surface area contributed by atoms with Crippen LogP contribution in [0.15, 0.2) is 0 Å². The zero-order valence-corrected chi connectivity index (χ0v) is 12.1. The van der Waals surface area contributed by atoms with E-state index in [1.807, 2.05) is 0 Å². The maximum atomic E-state index is 10.8. The molecule has 1 fully saturated rings. The highest BCUT2D eigenvalue weighted by Crippen LogP contribution is 2.13. The number of hydrogen-bond donors (Lipinski definition) is 0. The van der Waals surface area contributed by atoms with Crippen LogP contribution >= 0.6 is 0 Å². The zero-order chi connectivity index (χ0) is 12.8. The van der Waals surface area contributed by atoms with Crippen molar-refractivity contribution in [1.29, 1.82) is 0 Å². The fraction of sp³-hybridized carbons (Fsp3) is 0.938. The first kappa shape index (κ1) is 16.7. The van der Waals surface area contributed by atoms with Crippen LogP contribution in [0.1, 0.15) is 97.3 Å². The number of carbonyl (C=O) groups is 1. The molecule has 1 aliphatic rings. The van der Waals surface area contributed by atoms with Crippen molar-refractivity contribution in [2.24, 2.45) is 0 Å². The van der Waals surface area contributed by atoms with Crippen LogP contribution in [0.5, 0.6) is 0 Å². The summed E-state index contributed by atoms with van der Waals surface area (Å²) in [6.45, 7) is 4.51. The third kappa shape index (κ3) is 13.6. The van der Waals surface area contributed by atoms with Crippen LogP contribution in [0.2, 0.25) is 0 Å². The molecule has 0 aromatic rings. The Morgan fingerprint density at radius 3 is 1.53 bits per heavy atom. The van der Waals surface area contributed by atoms with Gasteiger partial charge in [0.05, 0.1) is 0 Å². The number of rotatable bonds is 5. The van der Waals surface area contributed by atoms with Gasteiger partial charge in [-0.15, -0.1) is 0 Å². The highest BCUT2D eigenvalue weighted by Gasteiger charge is 2.04. The topological polar surface area (TPSA) is 17.1 Å². The maximum Gasteiger partial charge on any atom is 0.132 e. The normalized spacial score (nSPS) is 16.7. The fourth-order valence-electron chi connectivity index (χ4n) is 2.15. The summed E-state index contributed by atoms with van der Waals surface area (Å²) in [5.74, 6) is 0.481. The van der Waals surface area contributed by atoms with Crippen LogP contribution in [0.25, 0.3) is 0 Å². The van der Waals surface area contributed by atoms with Crippen molar-refractivity contribution in [3.05, 3.63) is 0 Å². The molecule has 17 heavy (non-hydrogen) atoms. The Morgan fingerprint density at radius 2 is 1.12 bits per heavy atom. The van der Waals surface area contributed by atoms with E-state index < -0.39 is 0 Å². The molecule has 102 valence electrons.